The third-order valence-electron chi connectivity index (χ3n) is 8.48. The highest BCUT2D eigenvalue weighted by Gasteiger charge is 2.61. The molecule has 8 rings (SSSR count). The average Bonchev–Trinajstić information content (AvgIpc) is 3.29. The van der Waals surface area contributed by atoms with Gasteiger partial charge in [0.1, 0.15) is 5.75 Å². The molecule has 3 aliphatic carbocycles. The van der Waals surface area contributed by atoms with Crippen LogP contribution in [-0.2, 0) is 19.1 Å². The number of nitrogens with one attached hydrogen (secondary N) is 1. The van der Waals surface area contributed by atoms with E-state index in [2.05, 4.69) is 29.6 Å². The van der Waals surface area contributed by atoms with Gasteiger partial charge in [-0.05, 0) is 52.6 Å². The quantitative estimate of drug-likeness (QED) is 0.267. The van der Waals surface area contributed by atoms with Crippen molar-refractivity contribution in [1.82, 2.24) is 0 Å². The van der Waals surface area contributed by atoms with Crippen molar-refractivity contribution >= 4 is 35.1 Å². The first-order valence-corrected chi connectivity index (χ1v) is 13.7. The molecule has 1 fully saturated rings. The van der Waals surface area contributed by atoms with Gasteiger partial charge in [0.25, 0.3) is 5.91 Å². The van der Waals surface area contributed by atoms with E-state index in [0.29, 0.717) is 17.1 Å². The second-order valence-corrected chi connectivity index (χ2v) is 10.7. The van der Waals surface area contributed by atoms with Crippen molar-refractivity contribution in [3.05, 3.63) is 125 Å². The molecule has 3 amide bonds. The fourth-order valence-corrected chi connectivity index (χ4v) is 6.82. The molecule has 2 atom stereocenters. The molecule has 1 aliphatic heterocycles. The summed E-state index contributed by atoms with van der Waals surface area (Å²) in [4.78, 5) is 54.5. The highest BCUT2D eigenvalue weighted by molar-refractivity contribution is 6.23. The minimum absolute atomic E-state index is 0.131. The zero-order valence-corrected chi connectivity index (χ0v) is 22.7. The predicted molar refractivity (Wildman–Crippen MR) is 154 cm³/mol. The fourth-order valence-electron chi connectivity index (χ4n) is 6.82. The lowest BCUT2D eigenvalue weighted by Crippen LogP contribution is -2.41. The molecular formula is C34H26N2O6. The maximum absolute atomic E-state index is 14.0. The first-order chi connectivity index (χ1) is 20.5. The number of hydrogen-bond donors (Lipinski definition) is 1. The topological polar surface area (TPSA) is 102 Å². The number of esters is 1. The Labute approximate surface area is 241 Å². The van der Waals surface area contributed by atoms with Gasteiger partial charge in [0.15, 0.2) is 6.61 Å². The molecule has 208 valence electrons. The number of rotatable bonds is 6. The number of hydrogen-bond acceptors (Lipinski definition) is 6. The first kappa shape index (κ1) is 25.7. The van der Waals surface area contributed by atoms with Gasteiger partial charge in [-0.1, -0.05) is 60.7 Å². The summed E-state index contributed by atoms with van der Waals surface area (Å²) in [6.07, 6.45) is 0. The monoisotopic (exact) mass is 558 g/mol. The second kappa shape index (κ2) is 9.99. The maximum atomic E-state index is 14.0. The Hall–Kier alpha value is -5.24. The number of benzene rings is 4. The SMILES string of the molecule is COc1cccc(NC(=O)COC(=O)c2cccc(N3C(=O)[C@@H]4C5c6ccccc6C(c6ccccc65)[C@H]4C3=O)c2)c1. The van der Waals surface area contributed by atoms with Gasteiger partial charge in [-0.15, -0.1) is 0 Å². The van der Waals surface area contributed by atoms with E-state index < -0.39 is 30.3 Å². The number of carbonyl (C=O) groups excluding carboxylic acids is 4. The second-order valence-electron chi connectivity index (χ2n) is 10.7. The van der Waals surface area contributed by atoms with Crippen molar-refractivity contribution in [3.63, 3.8) is 0 Å². The number of ether oxygens (including phenoxy) is 2. The van der Waals surface area contributed by atoms with E-state index >= 15 is 0 Å². The lowest BCUT2D eigenvalue weighted by molar-refractivity contribution is -0.122. The molecule has 1 N–H and O–H groups in total. The van der Waals surface area contributed by atoms with Crippen LogP contribution in [0, 0.1) is 11.8 Å². The molecule has 4 aromatic carbocycles. The lowest BCUT2D eigenvalue weighted by atomic mass is 9.55. The van der Waals surface area contributed by atoms with Gasteiger partial charge in [-0.25, -0.2) is 9.69 Å². The largest absolute Gasteiger partial charge is 0.497 e. The summed E-state index contributed by atoms with van der Waals surface area (Å²) in [7, 11) is 1.52. The van der Waals surface area contributed by atoms with Crippen molar-refractivity contribution in [1.29, 1.82) is 0 Å². The van der Waals surface area contributed by atoms with Gasteiger partial charge < -0.3 is 14.8 Å². The Bertz CT molecular complexity index is 1670. The van der Waals surface area contributed by atoms with Gasteiger partial charge in [0.05, 0.1) is 30.2 Å². The molecule has 0 radical (unpaired) electrons. The van der Waals surface area contributed by atoms with E-state index in [9.17, 15) is 19.2 Å². The number of carbonyl (C=O) groups is 4. The van der Waals surface area contributed by atoms with Crippen LogP contribution in [0.5, 0.6) is 5.75 Å². The maximum Gasteiger partial charge on any atom is 0.338 e. The van der Waals surface area contributed by atoms with E-state index in [-0.39, 0.29) is 29.2 Å². The Kier molecular flexibility index (Phi) is 6.12. The van der Waals surface area contributed by atoms with Crippen molar-refractivity contribution in [3.8, 4) is 5.75 Å². The highest BCUT2D eigenvalue weighted by atomic mass is 16.5. The smallest absolute Gasteiger partial charge is 0.338 e. The summed E-state index contributed by atoms with van der Waals surface area (Å²) in [6.45, 7) is -0.508. The third-order valence-corrected chi connectivity index (χ3v) is 8.48. The molecule has 4 aliphatic rings. The van der Waals surface area contributed by atoms with Gasteiger partial charge in [-0.2, -0.15) is 0 Å². The molecule has 0 aromatic heterocycles. The Balaban J connectivity index is 1.12. The number of amides is 3. The van der Waals surface area contributed by atoms with Crippen LogP contribution in [0.3, 0.4) is 0 Å². The van der Waals surface area contributed by atoms with Gasteiger partial charge in [0, 0.05) is 23.6 Å². The van der Waals surface area contributed by atoms with Crippen LogP contribution in [0.1, 0.15) is 44.4 Å². The van der Waals surface area contributed by atoms with Crippen LogP contribution in [0.2, 0.25) is 0 Å². The Morgan fingerprint density at radius 2 is 1.31 bits per heavy atom. The third kappa shape index (κ3) is 3.98. The molecule has 0 unspecified atom stereocenters. The average molecular weight is 559 g/mol. The minimum atomic E-state index is -0.742. The molecule has 8 heteroatoms. The van der Waals surface area contributed by atoms with E-state index in [1.54, 1.807) is 36.4 Å². The number of imide groups is 1. The summed E-state index contributed by atoms with van der Waals surface area (Å²) in [5.41, 5.74) is 5.31. The van der Waals surface area contributed by atoms with Crippen molar-refractivity contribution in [2.45, 2.75) is 11.8 Å². The molecule has 1 heterocycles. The van der Waals surface area contributed by atoms with Gasteiger partial charge in [-0.3, -0.25) is 14.4 Å². The number of anilines is 2. The summed E-state index contributed by atoms with van der Waals surface area (Å²) in [5.74, 6) is -2.71. The zero-order valence-electron chi connectivity index (χ0n) is 22.7. The van der Waals surface area contributed by atoms with Crippen LogP contribution in [0.25, 0.3) is 0 Å². The van der Waals surface area contributed by atoms with Crippen LogP contribution in [0.4, 0.5) is 11.4 Å². The first-order valence-electron chi connectivity index (χ1n) is 13.7. The van der Waals surface area contributed by atoms with Crippen LogP contribution in [-0.4, -0.2) is 37.4 Å². The molecule has 1 saturated heterocycles. The highest BCUT2D eigenvalue weighted by Crippen LogP contribution is 2.61. The summed E-state index contributed by atoms with van der Waals surface area (Å²) in [5, 5.41) is 2.66. The van der Waals surface area contributed by atoms with E-state index in [1.165, 1.54) is 24.1 Å². The zero-order chi connectivity index (χ0) is 29.0. The summed E-state index contributed by atoms with van der Waals surface area (Å²) in [6, 6.07) is 29.2. The standard InChI is InChI=1S/C34H26N2O6/c1-41-22-11-7-9-20(17-22)35-27(37)18-42-34(40)19-8-6-10-21(16-19)36-32(38)30-28-23-12-2-3-13-24(23)29(31(30)33(36)39)26-15-5-4-14-25(26)28/h2-17,28-31H,18H2,1H3,(H,35,37)/t28?,29?,30-,31-/m1/s1. The molecule has 8 nitrogen and oxygen atoms in total. The lowest BCUT2D eigenvalue weighted by Gasteiger charge is -2.45. The number of nitrogens with zero attached hydrogens (tertiary/aromatic N) is 1. The fraction of sp³-hybridized carbons (Fsp3) is 0.176. The normalized spacial score (nSPS) is 21.3. The summed E-state index contributed by atoms with van der Waals surface area (Å²) < 4.78 is 10.4. The molecule has 4 aromatic rings. The Morgan fingerprint density at radius 1 is 0.738 bits per heavy atom. The molecular weight excluding hydrogens is 532 g/mol. The molecule has 42 heavy (non-hydrogen) atoms. The minimum Gasteiger partial charge on any atom is -0.497 e. The van der Waals surface area contributed by atoms with Crippen LogP contribution in [0.15, 0.2) is 97.1 Å². The molecule has 0 saturated carbocycles. The number of methoxy groups -OCH3 is 1. The van der Waals surface area contributed by atoms with Crippen molar-refractivity contribution in [2.75, 3.05) is 23.9 Å². The van der Waals surface area contributed by atoms with Crippen LogP contribution < -0.4 is 15.0 Å². The van der Waals surface area contributed by atoms with E-state index in [4.69, 9.17) is 9.47 Å². The predicted octanol–water partition coefficient (Wildman–Crippen LogP) is 4.89. The summed E-state index contributed by atoms with van der Waals surface area (Å²) >= 11 is 0. The van der Waals surface area contributed by atoms with E-state index in [1.807, 2.05) is 24.3 Å². The van der Waals surface area contributed by atoms with Gasteiger partial charge >= 0.3 is 5.97 Å². The molecule has 2 bridgehead atoms. The van der Waals surface area contributed by atoms with Gasteiger partial charge in [0.2, 0.25) is 11.8 Å². The Morgan fingerprint density at radius 3 is 1.88 bits per heavy atom. The van der Waals surface area contributed by atoms with E-state index in [0.717, 1.165) is 22.3 Å². The van der Waals surface area contributed by atoms with Crippen molar-refractivity contribution < 1.29 is 28.7 Å². The molecule has 0 spiro atoms. The van der Waals surface area contributed by atoms with Crippen LogP contribution >= 0.6 is 0 Å². The van der Waals surface area contributed by atoms with Crippen molar-refractivity contribution in [2.24, 2.45) is 11.8 Å².